The monoisotopic (exact) mass is 514 g/mol. The number of hydrogen-bond donors (Lipinski definition) is 1. The summed E-state index contributed by atoms with van der Waals surface area (Å²) >= 11 is 0. The molecule has 0 aliphatic rings. The van der Waals surface area contributed by atoms with Crippen LogP contribution in [0.1, 0.15) is 62.3 Å². The quantitative estimate of drug-likeness (QED) is 0.263. The van der Waals surface area contributed by atoms with E-state index in [0.29, 0.717) is 0 Å². The number of hydrogen-bond acceptors (Lipinski definition) is 10. The van der Waals surface area contributed by atoms with E-state index in [9.17, 15) is 19.2 Å². The third kappa shape index (κ3) is 14.3. The van der Waals surface area contributed by atoms with Gasteiger partial charge in [0.1, 0.15) is 12.2 Å². The summed E-state index contributed by atoms with van der Waals surface area (Å²) in [6, 6.07) is 0. The predicted molar refractivity (Wildman–Crippen MR) is 126 cm³/mol. The highest BCUT2D eigenvalue weighted by molar-refractivity contribution is 6.74. The van der Waals surface area contributed by atoms with Gasteiger partial charge in [-0.15, -0.1) is 0 Å². The van der Waals surface area contributed by atoms with Gasteiger partial charge in [0, 0.05) is 0 Å². The second kappa shape index (κ2) is 16.6. The molecule has 4 atom stereocenters. The van der Waals surface area contributed by atoms with Crippen LogP contribution in [0.15, 0.2) is 0 Å². The van der Waals surface area contributed by atoms with Crippen molar-refractivity contribution in [2.24, 2.45) is 0 Å². The van der Waals surface area contributed by atoms with Crippen LogP contribution < -0.4 is 0 Å². The van der Waals surface area contributed by atoms with Crippen LogP contribution in [-0.2, 0) is 42.6 Å². The number of carbonyl (C=O) groups excluding carboxylic acids is 4. The van der Waals surface area contributed by atoms with Gasteiger partial charge < -0.3 is 28.5 Å². The summed E-state index contributed by atoms with van der Waals surface area (Å²) in [7, 11) is -2.04. The fourth-order valence-corrected chi connectivity index (χ4v) is 3.16. The van der Waals surface area contributed by atoms with E-state index in [1.54, 1.807) is 20.8 Å². The Labute approximate surface area is 203 Å². The second-order valence-corrected chi connectivity index (χ2v) is 13.6. The average molecular weight is 515 g/mol. The van der Waals surface area contributed by atoms with Crippen LogP contribution in [0, 0.1) is 0 Å². The number of aliphatic hydroxyl groups excluding tert-OH is 1. The highest BCUT2D eigenvalue weighted by atomic mass is 28.4. The molecule has 12 heteroatoms. The van der Waals surface area contributed by atoms with E-state index in [-0.39, 0.29) is 23.0 Å². The number of carbonyl (C=O) groups is 4. The number of aliphatic hydroxyl groups is 1. The van der Waals surface area contributed by atoms with Gasteiger partial charge in [0.2, 0.25) is 0 Å². The molecule has 0 bridgehead atoms. The number of ether oxygens (including phenoxy) is 4. The minimum absolute atomic E-state index is 0. The summed E-state index contributed by atoms with van der Waals surface area (Å²) < 4.78 is 24.9. The van der Waals surface area contributed by atoms with Crippen LogP contribution in [0.3, 0.4) is 0 Å². The minimum Gasteiger partial charge on any atom is -0.463 e. The van der Waals surface area contributed by atoms with E-state index in [2.05, 4.69) is 43.3 Å². The summed E-state index contributed by atoms with van der Waals surface area (Å²) in [6.07, 6.45) is -3.79. The highest BCUT2D eigenvalue weighted by Gasteiger charge is 2.40. The molecule has 202 valence electrons. The zero-order valence-corrected chi connectivity index (χ0v) is 23.3. The molecule has 1 N–H and O–H groups in total. The molecule has 0 aromatic heterocycles. The molecule has 0 amide bonds. The van der Waals surface area contributed by atoms with Crippen molar-refractivity contribution >= 4 is 32.2 Å². The molecule has 0 aliphatic carbocycles. The normalized spacial score (nSPS) is 14.6. The van der Waals surface area contributed by atoms with Gasteiger partial charge in [-0.2, -0.15) is 0 Å². The molecular weight excluding hydrogens is 471 g/mol. The molecule has 0 heterocycles. The lowest BCUT2D eigenvalue weighted by Crippen LogP contribution is -2.46. The largest absolute Gasteiger partial charge is 0.463 e. The Kier molecular flexibility index (Phi) is 17.8. The Hall–Kier alpha value is -2.05. The van der Waals surface area contributed by atoms with Crippen LogP contribution >= 0.6 is 0 Å². The molecule has 0 saturated heterocycles. The van der Waals surface area contributed by atoms with Crippen LogP contribution in [0.4, 0.5) is 4.70 Å². The molecule has 10 nitrogen and oxygen atoms in total. The molecule has 0 rings (SSSR count). The van der Waals surface area contributed by atoms with Gasteiger partial charge in [-0.25, -0.2) is 19.2 Å². The second-order valence-electron chi connectivity index (χ2n) is 8.86. The number of esters is 4. The Morgan fingerprint density at radius 2 is 1.09 bits per heavy atom. The number of halogens is 1. The van der Waals surface area contributed by atoms with Crippen molar-refractivity contribution in [3.63, 3.8) is 0 Å². The van der Waals surface area contributed by atoms with Crippen molar-refractivity contribution in [3.05, 3.63) is 0 Å². The van der Waals surface area contributed by atoms with Crippen LogP contribution in [-0.4, -0.2) is 74.9 Å². The third-order valence-corrected chi connectivity index (χ3v) is 9.33. The van der Waals surface area contributed by atoms with E-state index in [4.69, 9.17) is 19.0 Å². The van der Waals surface area contributed by atoms with Crippen molar-refractivity contribution in [2.75, 3.05) is 13.2 Å². The molecule has 0 fully saturated rings. The zero-order chi connectivity index (χ0) is 26.6. The van der Waals surface area contributed by atoms with Crippen molar-refractivity contribution in [1.29, 1.82) is 0 Å². The maximum absolute atomic E-state index is 11.9. The zero-order valence-electron chi connectivity index (χ0n) is 22.3. The van der Waals surface area contributed by atoms with E-state index in [0.717, 1.165) is 0 Å². The van der Waals surface area contributed by atoms with Crippen LogP contribution in [0.2, 0.25) is 18.1 Å². The lowest BCUT2D eigenvalue weighted by atomic mass is 10.2. The Bertz CT molecular complexity index is 646. The average Bonchev–Trinajstić information content (AvgIpc) is 2.67. The van der Waals surface area contributed by atoms with Gasteiger partial charge in [-0.1, -0.05) is 20.8 Å². The van der Waals surface area contributed by atoms with Gasteiger partial charge in [-0.3, -0.25) is 4.70 Å². The van der Waals surface area contributed by atoms with E-state index in [1.165, 1.54) is 20.8 Å². The summed E-state index contributed by atoms with van der Waals surface area (Å²) in [6.45, 7) is 20.1. The summed E-state index contributed by atoms with van der Waals surface area (Å²) in [4.78, 5) is 45.1. The molecule has 34 heavy (non-hydrogen) atoms. The topological polar surface area (TPSA) is 135 Å². The molecule has 0 aromatic carbocycles. The smallest absolute Gasteiger partial charge is 0.347 e. The van der Waals surface area contributed by atoms with Crippen molar-refractivity contribution in [2.45, 2.75) is 105 Å². The van der Waals surface area contributed by atoms with E-state index in [1.807, 2.05) is 0 Å². The third-order valence-electron chi connectivity index (χ3n) is 4.77. The van der Waals surface area contributed by atoms with Crippen LogP contribution in [0.25, 0.3) is 0 Å². The summed E-state index contributed by atoms with van der Waals surface area (Å²) in [5.74, 6) is -2.52. The van der Waals surface area contributed by atoms with Crippen molar-refractivity contribution in [1.82, 2.24) is 0 Å². The van der Waals surface area contributed by atoms with Gasteiger partial charge in [-0.05, 0) is 59.7 Å². The maximum atomic E-state index is 11.9. The molecule has 0 spiro atoms. The molecule has 0 aliphatic heterocycles. The van der Waals surface area contributed by atoms with E-state index < -0.39 is 56.6 Å². The standard InChI is InChI=1S/C14H28O5Si.C8H14O5.FH/c1-9-17-12(15)10(2)18-13(16)11(3)19-20(7,8)14(4,5)6;1-4-12-8(11)6(3)13-7(10)5(2)9;/h10-11H,9H2,1-8H3;5-6,9H,4H2,1-3H3;1H/t10-,11+;5-,6-;/m00./s1. The summed E-state index contributed by atoms with van der Waals surface area (Å²) in [5.41, 5.74) is 0. The van der Waals surface area contributed by atoms with Gasteiger partial charge in [0.25, 0.3) is 0 Å². The van der Waals surface area contributed by atoms with Gasteiger partial charge >= 0.3 is 23.9 Å². The minimum atomic E-state index is -2.04. The maximum Gasteiger partial charge on any atom is 0.347 e. The van der Waals surface area contributed by atoms with Gasteiger partial charge in [0.15, 0.2) is 20.5 Å². The first-order valence-electron chi connectivity index (χ1n) is 11.0. The Morgan fingerprint density at radius 1 is 0.735 bits per heavy atom. The number of rotatable bonds is 10. The first-order valence-corrected chi connectivity index (χ1v) is 13.9. The first-order chi connectivity index (χ1) is 14.9. The van der Waals surface area contributed by atoms with Crippen molar-refractivity contribution in [3.8, 4) is 0 Å². The molecule has 0 saturated carbocycles. The molecule has 0 radical (unpaired) electrons. The lowest BCUT2D eigenvalue weighted by molar-refractivity contribution is -0.171. The fraction of sp³-hybridized carbons (Fsp3) is 0.818. The predicted octanol–water partition coefficient (Wildman–Crippen LogP) is 2.91. The van der Waals surface area contributed by atoms with Crippen molar-refractivity contribution < 1.29 is 52.4 Å². The SMILES string of the molecule is CCOC(=O)[C@H](C)OC(=O)[C@@H](C)O[Si](C)(C)C(C)(C)C.CCOC(=O)[C@H](C)OC(=O)[C@H](C)O.F. The Balaban J connectivity index is -0.000000598. The fourth-order valence-electron chi connectivity index (χ4n) is 1.83. The summed E-state index contributed by atoms with van der Waals surface area (Å²) in [5, 5.41) is 8.76. The Morgan fingerprint density at radius 3 is 1.38 bits per heavy atom. The van der Waals surface area contributed by atoms with Crippen LogP contribution in [0.5, 0.6) is 0 Å². The van der Waals surface area contributed by atoms with E-state index >= 15 is 0 Å². The molecule has 0 aromatic rings. The first kappa shape index (κ1) is 36.5. The lowest BCUT2D eigenvalue weighted by Gasteiger charge is -2.37. The molecular formula is C22H43FO10Si. The van der Waals surface area contributed by atoms with Gasteiger partial charge in [0.05, 0.1) is 13.2 Å². The highest BCUT2D eigenvalue weighted by Crippen LogP contribution is 2.37. The molecule has 0 unspecified atom stereocenters.